The molecule has 0 amide bonds. The lowest BCUT2D eigenvalue weighted by Crippen LogP contribution is -2.23. The molecular formula is C13H18N4O2S. The predicted octanol–water partition coefficient (Wildman–Crippen LogP) is 0.400. The molecule has 0 fully saturated rings. The summed E-state index contributed by atoms with van der Waals surface area (Å²) in [6, 6.07) is 6.75. The maximum absolute atomic E-state index is 12.1. The number of rotatable bonds is 6. The lowest BCUT2D eigenvalue weighted by Gasteiger charge is -2.06. The molecule has 2 aromatic rings. The number of benzene rings is 1. The summed E-state index contributed by atoms with van der Waals surface area (Å²) in [5, 5.41) is 3.99. The van der Waals surface area contributed by atoms with E-state index in [0.717, 1.165) is 17.5 Å². The number of hydrogen-bond donors (Lipinski definition) is 2. The first-order valence-electron chi connectivity index (χ1n) is 6.27. The van der Waals surface area contributed by atoms with E-state index >= 15 is 0 Å². The molecule has 2 rings (SSSR count). The van der Waals surface area contributed by atoms with Crippen molar-refractivity contribution in [2.24, 2.45) is 12.8 Å². The summed E-state index contributed by atoms with van der Waals surface area (Å²) >= 11 is 0. The van der Waals surface area contributed by atoms with E-state index in [2.05, 4.69) is 9.82 Å². The zero-order valence-corrected chi connectivity index (χ0v) is 12.1. The molecule has 0 atom stereocenters. The first-order valence-corrected chi connectivity index (χ1v) is 7.76. The van der Waals surface area contributed by atoms with Crippen molar-refractivity contribution in [1.82, 2.24) is 14.5 Å². The van der Waals surface area contributed by atoms with Crippen LogP contribution in [0.15, 0.2) is 41.6 Å². The average Bonchev–Trinajstić information content (AvgIpc) is 2.84. The van der Waals surface area contributed by atoms with Gasteiger partial charge in [0.2, 0.25) is 10.0 Å². The SMILES string of the molecule is Cn1cc(CNS(=O)(=O)c2ccc(CCN)cc2)cn1. The zero-order chi connectivity index (χ0) is 14.6. The smallest absolute Gasteiger partial charge is 0.240 e. The van der Waals surface area contributed by atoms with Gasteiger partial charge in [0.05, 0.1) is 11.1 Å². The Morgan fingerprint density at radius 1 is 1.25 bits per heavy atom. The molecule has 3 N–H and O–H groups in total. The van der Waals surface area contributed by atoms with E-state index in [1.54, 1.807) is 48.4 Å². The summed E-state index contributed by atoms with van der Waals surface area (Å²) < 4.78 is 28.4. The highest BCUT2D eigenvalue weighted by Crippen LogP contribution is 2.11. The lowest BCUT2D eigenvalue weighted by molar-refractivity contribution is 0.581. The topological polar surface area (TPSA) is 90.0 Å². The quantitative estimate of drug-likeness (QED) is 0.807. The van der Waals surface area contributed by atoms with Gasteiger partial charge in [-0.05, 0) is 30.7 Å². The van der Waals surface area contributed by atoms with E-state index in [-0.39, 0.29) is 11.4 Å². The molecule has 6 nitrogen and oxygen atoms in total. The maximum Gasteiger partial charge on any atom is 0.240 e. The van der Waals surface area contributed by atoms with E-state index in [0.29, 0.717) is 6.54 Å². The average molecular weight is 294 g/mol. The molecule has 7 heteroatoms. The van der Waals surface area contributed by atoms with E-state index in [1.165, 1.54) is 0 Å². The second kappa shape index (κ2) is 6.17. The van der Waals surface area contributed by atoms with Crippen LogP contribution in [0.3, 0.4) is 0 Å². The number of hydrogen-bond acceptors (Lipinski definition) is 4. The van der Waals surface area contributed by atoms with Crippen LogP contribution in [0.2, 0.25) is 0 Å². The fraction of sp³-hybridized carbons (Fsp3) is 0.308. The van der Waals surface area contributed by atoms with Gasteiger partial charge >= 0.3 is 0 Å². The first kappa shape index (κ1) is 14.7. The lowest BCUT2D eigenvalue weighted by atomic mass is 10.2. The number of aryl methyl sites for hydroxylation is 1. The number of nitrogens with zero attached hydrogens (tertiary/aromatic N) is 2. The first-order chi connectivity index (χ1) is 9.51. The predicted molar refractivity (Wildman–Crippen MR) is 76.4 cm³/mol. The van der Waals surface area contributed by atoms with Crippen LogP contribution in [0, 0.1) is 0 Å². The standard InChI is InChI=1S/C13H18N4O2S/c1-17-10-12(8-15-17)9-16-20(18,19)13-4-2-11(3-5-13)6-7-14/h2-5,8,10,16H,6-7,9,14H2,1H3. The maximum atomic E-state index is 12.1. The minimum absolute atomic E-state index is 0.223. The van der Waals surface area contributed by atoms with Crippen LogP contribution in [0.25, 0.3) is 0 Å². The molecule has 0 saturated carbocycles. The van der Waals surface area contributed by atoms with Gasteiger partial charge in [-0.3, -0.25) is 4.68 Å². The highest BCUT2D eigenvalue weighted by molar-refractivity contribution is 7.89. The van der Waals surface area contributed by atoms with Crippen LogP contribution in [0.5, 0.6) is 0 Å². The summed E-state index contributed by atoms with van der Waals surface area (Å²) in [5.74, 6) is 0. The number of sulfonamides is 1. The minimum atomic E-state index is -3.50. The molecule has 0 aliphatic heterocycles. The van der Waals surface area contributed by atoms with Crippen molar-refractivity contribution >= 4 is 10.0 Å². The molecule has 1 heterocycles. The van der Waals surface area contributed by atoms with Gasteiger partial charge < -0.3 is 5.73 Å². The third-order valence-electron chi connectivity index (χ3n) is 2.89. The summed E-state index contributed by atoms with van der Waals surface area (Å²) in [5.41, 5.74) is 7.30. The summed E-state index contributed by atoms with van der Waals surface area (Å²) in [6.07, 6.45) is 4.14. The second-order valence-electron chi connectivity index (χ2n) is 4.53. The molecule has 0 bridgehead atoms. The van der Waals surface area contributed by atoms with E-state index in [4.69, 9.17) is 5.73 Å². The van der Waals surface area contributed by atoms with Crippen molar-refractivity contribution in [3.63, 3.8) is 0 Å². The third-order valence-corrected chi connectivity index (χ3v) is 4.31. The summed E-state index contributed by atoms with van der Waals surface area (Å²) in [4.78, 5) is 0.252. The molecule has 0 unspecified atom stereocenters. The van der Waals surface area contributed by atoms with Crippen molar-refractivity contribution in [1.29, 1.82) is 0 Å². The van der Waals surface area contributed by atoms with Gasteiger partial charge in [-0.25, -0.2) is 13.1 Å². The molecule has 1 aromatic carbocycles. The number of nitrogens with one attached hydrogen (secondary N) is 1. The molecule has 20 heavy (non-hydrogen) atoms. The van der Waals surface area contributed by atoms with Gasteiger partial charge in [0, 0.05) is 25.4 Å². The van der Waals surface area contributed by atoms with E-state index in [9.17, 15) is 8.42 Å². The highest BCUT2D eigenvalue weighted by atomic mass is 32.2. The Balaban J connectivity index is 2.05. The molecular weight excluding hydrogens is 276 g/mol. The Kier molecular flexibility index (Phi) is 4.53. The Bertz CT molecular complexity index is 662. The fourth-order valence-corrected chi connectivity index (χ4v) is 2.84. The highest BCUT2D eigenvalue weighted by Gasteiger charge is 2.13. The normalized spacial score (nSPS) is 11.7. The van der Waals surface area contributed by atoms with Crippen LogP contribution >= 0.6 is 0 Å². The third kappa shape index (κ3) is 3.66. The van der Waals surface area contributed by atoms with Gasteiger partial charge in [-0.2, -0.15) is 5.10 Å². The van der Waals surface area contributed by atoms with Crippen LogP contribution in [0.1, 0.15) is 11.1 Å². The molecule has 108 valence electrons. The van der Waals surface area contributed by atoms with Crippen LogP contribution in [0.4, 0.5) is 0 Å². The second-order valence-corrected chi connectivity index (χ2v) is 6.30. The van der Waals surface area contributed by atoms with Crippen molar-refractivity contribution in [3.8, 4) is 0 Å². The molecule has 0 spiro atoms. The van der Waals surface area contributed by atoms with Gasteiger partial charge in [-0.15, -0.1) is 0 Å². The molecule has 0 aliphatic rings. The van der Waals surface area contributed by atoms with E-state index in [1.807, 2.05) is 0 Å². The molecule has 0 aliphatic carbocycles. The van der Waals surface area contributed by atoms with Crippen molar-refractivity contribution < 1.29 is 8.42 Å². The largest absolute Gasteiger partial charge is 0.330 e. The van der Waals surface area contributed by atoms with Crippen LogP contribution in [-0.4, -0.2) is 24.7 Å². The number of aromatic nitrogens is 2. The van der Waals surface area contributed by atoms with Crippen LogP contribution in [-0.2, 0) is 30.0 Å². The fourth-order valence-electron chi connectivity index (χ4n) is 1.83. The van der Waals surface area contributed by atoms with Crippen LogP contribution < -0.4 is 10.5 Å². The van der Waals surface area contributed by atoms with Gasteiger partial charge in [0.1, 0.15) is 0 Å². The molecule has 0 radical (unpaired) electrons. The molecule has 1 aromatic heterocycles. The van der Waals surface area contributed by atoms with Crippen molar-refractivity contribution in [2.45, 2.75) is 17.9 Å². The Morgan fingerprint density at radius 3 is 2.50 bits per heavy atom. The Labute approximate surface area is 118 Å². The van der Waals surface area contributed by atoms with Gasteiger partial charge in [0.25, 0.3) is 0 Å². The van der Waals surface area contributed by atoms with Gasteiger partial charge in [-0.1, -0.05) is 12.1 Å². The Hall–Kier alpha value is -1.70. The summed E-state index contributed by atoms with van der Waals surface area (Å²) in [7, 11) is -1.71. The minimum Gasteiger partial charge on any atom is -0.330 e. The van der Waals surface area contributed by atoms with Gasteiger partial charge in [0.15, 0.2) is 0 Å². The summed E-state index contributed by atoms with van der Waals surface area (Å²) in [6.45, 7) is 0.770. The molecule has 0 saturated heterocycles. The number of nitrogens with two attached hydrogens (primary N) is 1. The van der Waals surface area contributed by atoms with Crippen molar-refractivity contribution in [3.05, 3.63) is 47.8 Å². The zero-order valence-electron chi connectivity index (χ0n) is 11.3. The van der Waals surface area contributed by atoms with Crippen molar-refractivity contribution in [2.75, 3.05) is 6.54 Å². The van der Waals surface area contributed by atoms with E-state index < -0.39 is 10.0 Å². The monoisotopic (exact) mass is 294 g/mol. The Morgan fingerprint density at radius 2 is 1.95 bits per heavy atom.